The van der Waals surface area contributed by atoms with Crippen molar-refractivity contribution >= 4 is 43.6 Å². The summed E-state index contributed by atoms with van der Waals surface area (Å²) in [6.45, 7) is 0.428. The van der Waals surface area contributed by atoms with Crippen LogP contribution < -0.4 is 10.5 Å². The van der Waals surface area contributed by atoms with Gasteiger partial charge in [-0.25, -0.2) is 18.5 Å². The van der Waals surface area contributed by atoms with Crippen LogP contribution in [-0.4, -0.2) is 30.3 Å². The molecule has 1 aromatic carbocycles. The Bertz CT molecular complexity index is 1220. The van der Waals surface area contributed by atoms with Crippen molar-refractivity contribution in [1.29, 1.82) is 0 Å². The predicted octanol–water partition coefficient (Wildman–Crippen LogP) is 2.74. The number of thiazole rings is 1. The number of primary sulfonamides is 1. The highest BCUT2D eigenvalue weighted by Crippen LogP contribution is 2.26. The summed E-state index contributed by atoms with van der Waals surface area (Å²) in [5.41, 5.74) is 2.30. The van der Waals surface area contributed by atoms with Gasteiger partial charge >= 0.3 is 0 Å². The van der Waals surface area contributed by atoms with Crippen molar-refractivity contribution in [1.82, 2.24) is 14.7 Å². The second-order valence-electron chi connectivity index (χ2n) is 6.07. The summed E-state index contributed by atoms with van der Waals surface area (Å²) in [5, 5.41) is 11.8. The molecule has 4 rings (SSSR count). The number of carbonyl (C=O) groups is 1. The first-order chi connectivity index (χ1) is 13.4. The molecule has 0 aliphatic heterocycles. The third-order valence-electron chi connectivity index (χ3n) is 4.17. The maximum absolute atomic E-state index is 12.5. The lowest BCUT2D eigenvalue weighted by molar-refractivity contribution is 0.0948. The smallest absolute Gasteiger partial charge is 0.269 e. The lowest BCUT2D eigenvalue weighted by Gasteiger charge is -2.05. The molecule has 0 atom stereocenters. The molecule has 0 aliphatic carbocycles. The molecule has 144 valence electrons. The number of hydrogen-bond acceptors (Lipinski definition) is 6. The first-order valence-corrected chi connectivity index (χ1v) is 11.6. The molecule has 3 aromatic heterocycles. The maximum Gasteiger partial charge on any atom is 0.269 e. The van der Waals surface area contributed by atoms with Gasteiger partial charge in [-0.2, -0.15) is 0 Å². The SMILES string of the molecule is NS(=O)(=O)c1ccc(CCNC(=O)c2csc3nc(-c4cccs4)cn23)cc1. The molecule has 0 unspecified atom stereocenters. The zero-order chi connectivity index (χ0) is 19.7. The highest BCUT2D eigenvalue weighted by atomic mass is 32.2. The van der Waals surface area contributed by atoms with Crippen LogP contribution in [0.1, 0.15) is 16.1 Å². The van der Waals surface area contributed by atoms with Crippen molar-refractivity contribution in [3.63, 3.8) is 0 Å². The molecule has 0 saturated carbocycles. The number of benzene rings is 1. The number of carbonyl (C=O) groups excluding carboxylic acids is 1. The van der Waals surface area contributed by atoms with Crippen LogP contribution in [0.3, 0.4) is 0 Å². The fourth-order valence-corrected chi connectivity index (χ4v) is 4.80. The zero-order valence-electron chi connectivity index (χ0n) is 14.5. The molecule has 28 heavy (non-hydrogen) atoms. The van der Waals surface area contributed by atoms with Gasteiger partial charge < -0.3 is 5.32 Å². The van der Waals surface area contributed by atoms with Crippen LogP contribution in [0, 0.1) is 0 Å². The lowest BCUT2D eigenvalue weighted by atomic mass is 10.1. The van der Waals surface area contributed by atoms with Crippen LogP contribution in [0.15, 0.2) is 58.3 Å². The van der Waals surface area contributed by atoms with Crippen LogP contribution in [0.4, 0.5) is 0 Å². The Balaban J connectivity index is 1.41. The van der Waals surface area contributed by atoms with Crippen LogP contribution in [0.2, 0.25) is 0 Å². The quantitative estimate of drug-likeness (QED) is 0.488. The number of thiophene rings is 1. The summed E-state index contributed by atoms with van der Waals surface area (Å²) in [4.78, 5) is 19.0. The highest BCUT2D eigenvalue weighted by molar-refractivity contribution is 7.89. The maximum atomic E-state index is 12.5. The van der Waals surface area contributed by atoms with E-state index < -0.39 is 10.0 Å². The normalized spacial score (nSPS) is 11.8. The highest BCUT2D eigenvalue weighted by Gasteiger charge is 2.15. The third kappa shape index (κ3) is 3.85. The molecule has 4 aromatic rings. The number of nitrogens with zero attached hydrogens (tertiary/aromatic N) is 2. The van der Waals surface area contributed by atoms with Gasteiger partial charge in [0.1, 0.15) is 11.4 Å². The average molecular weight is 433 g/mol. The van der Waals surface area contributed by atoms with E-state index in [1.807, 2.05) is 23.7 Å². The van der Waals surface area contributed by atoms with Crippen molar-refractivity contribution < 1.29 is 13.2 Å². The number of imidazole rings is 1. The predicted molar refractivity (Wildman–Crippen MR) is 110 cm³/mol. The molecule has 3 heterocycles. The molecule has 0 spiro atoms. The number of nitrogens with two attached hydrogens (primary N) is 1. The van der Waals surface area contributed by atoms with Crippen molar-refractivity contribution in [3.8, 4) is 10.6 Å². The molecule has 3 N–H and O–H groups in total. The Labute approximate surface area is 169 Å². The molecular formula is C18H16N4O3S3. The standard InChI is InChI=1S/C18H16N4O3S3/c19-28(24,25)13-5-3-12(4-6-13)7-8-20-17(23)15-11-27-18-21-14(10-22(15)18)16-2-1-9-26-16/h1-6,9-11H,7-8H2,(H,20,23)(H2,19,24,25). The summed E-state index contributed by atoms with van der Waals surface area (Å²) in [7, 11) is -3.69. The number of fused-ring (bicyclic) bond motifs is 1. The van der Waals surface area contributed by atoms with Gasteiger partial charge in [0.25, 0.3) is 5.91 Å². The third-order valence-corrected chi connectivity index (χ3v) is 6.83. The number of hydrogen-bond donors (Lipinski definition) is 2. The lowest BCUT2D eigenvalue weighted by Crippen LogP contribution is -2.26. The summed E-state index contributed by atoms with van der Waals surface area (Å²) < 4.78 is 24.4. The molecule has 1 amide bonds. The second kappa shape index (κ2) is 7.47. The van der Waals surface area contributed by atoms with E-state index in [0.29, 0.717) is 18.7 Å². The summed E-state index contributed by atoms with van der Waals surface area (Å²) in [6.07, 6.45) is 2.45. The van der Waals surface area contributed by atoms with E-state index in [4.69, 9.17) is 5.14 Å². The van der Waals surface area contributed by atoms with E-state index in [2.05, 4.69) is 10.3 Å². The molecule has 0 aliphatic rings. The van der Waals surface area contributed by atoms with E-state index in [9.17, 15) is 13.2 Å². The fourth-order valence-electron chi connectivity index (χ4n) is 2.75. The van der Waals surface area contributed by atoms with Gasteiger partial charge in [0.15, 0.2) is 4.96 Å². The van der Waals surface area contributed by atoms with Crippen LogP contribution in [-0.2, 0) is 16.4 Å². The van der Waals surface area contributed by atoms with Gasteiger partial charge in [-0.05, 0) is 35.6 Å². The summed E-state index contributed by atoms with van der Waals surface area (Å²) in [6, 6.07) is 10.3. The topological polar surface area (TPSA) is 107 Å². The number of sulfonamides is 1. The van der Waals surface area contributed by atoms with Gasteiger partial charge in [0, 0.05) is 18.1 Å². The first-order valence-electron chi connectivity index (χ1n) is 8.32. The van der Waals surface area contributed by atoms with Crippen molar-refractivity contribution in [2.75, 3.05) is 6.54 Å². The van der Waals surface area contributed by atoms with E-state index >= 15 is 0 Å². The molecular weight excluding hydrogens is 416 g/mol. The molecule has 0 saturated heterocycles. The van der Waals surface area contributed by atoms with Gasteiger partial charge in [0.05, 0.1) is 9.77 Å². The van der Waals surface area contributed by atoms with E-state index in [-0.39, 0.29) is 10.8 Å². The number of aromatic nitrogens is 2. The van der Waals surface area contributed by atoms with Crippen LogP contribution in [0.25, 0.3) is 15.5 Å². The van der Waals surface area contributed by atoms with Crippen LogP contribution >= 0.6 is 22.7 Å². The second-order valence-corrected chi connectivity index (χ2v) is 9.42. The number of amides is 1. The number of rotatable bonds is 6. The Morgan fingerprint density at radius 1 is 1.18 bits per heavy atom. The zero-order valence-corrected chi connectivity index (χ0v) is 17.0. The Kier molecular flexibility index (Phi) is 5.02. The Morgan fingerprint density at radius 3 is 2.64 bits per heavy atom. The van der Waals surface area contributed by atoms with Gasteiger partial charge in [0.2, 0.25) is 10.0 Å². The number of nitrogens with one attached hydrogen (secondary N) is 1. The van der Waals surface area contributed by atoms with E-state index in [0.717, 1.165) is 21.1 Å². The monoisotopic (exact) mass is 432 g/mol. The molecule has 7 nitrogen and oxygen atoms in total. The fraction of sp³-hybridized carbons (Fsp3) is 0.111. The first kappa shape index (κ1) is 18.8. The average Bonchev–Trinajstić information content (AvgIpc) is 3.37. The van der Waals surface area contributed by atoms with Crippen molar-refractivity contribution in [2.45, 2.75) is 11.3 Å². The summed E-state index contributed by atoms with van der Waals surface area (Å²) in [5.74, 6) is -0.178. The minimum absolute atomic E-state index is 0.0719. The van der Waals surface area contributed by atoms with Crippen molar-refractivity contribution in [2.24, 2.45) is 5.14 Å². The van der Waals surface area contributed by atoms with Gasteiger partial charge in [-0.15, -0.1) is 22.7 Å². The largest absolute Gasteiger partial charge is 0.350 e. The minimum Gasteiger partial charge on any atom is -0.350 e. The van der Waals surface area contributed by atoms with E-state index in [1.165, 1.54) is 23.5 Å². The Morgan fingerprint density at radius 2 is 1.96 bits per heavy atom. The van der Waals surface area contributed by atoms with Gasteiger partial charge in [-0.3, -0.25) is 9.20 Å². The van der Waals surface area contributed by atoms with E-state index in [1.54, 1.807) is 33.3 Å². The summed E-state index contributed by atoms with van der Waals surface area (Å²) >= 11 is 3.03. The molecule has 0 fully saturated rings. The van der Waals surface area contributed by atoms with Gasteiger partial charge in [-0.1, -0.05) is 18.2 Å². The molecule has 0 bridgehead atoms. The molecule has 10 heteroatoms. The van der Waals surface area contributed by atoms with Crippen LogP contribution in [0.5, 0.6) is 0 Å². The molecule has 0 radical (unpaired) electrons. The minimum atomic E-state index is -3.69. The Hall–Kier alpha value is -2.53. The van der Waals surface area contributed by atoms with Crippen molar-refractivity contribution in [3.05, 3.63) is 64.6 Å².